The molecule has 0 saturated heterocycles. The highest BCUT2D eigenvalue weighted by Gasteiger charge is 2.18. The van der Waals surface area contributed by atoms with E-state index < -0.39 is 0 Å². The van der Waals surface area contributed by atoms with Gasteiger partial charge >= 0.3 is 0 Å². The Kier molecular flexibility index (Phi) is 4.35. The van der Waals surface area contributed by atoms with Gasteiger partial charge < -0.3 is 0 Å². The van der Waals surface area contributed by atoms with Crippen LogP contribution in [0.3, 0.4) is 0 Å². The molecular weight excluding hydrogens is 298 g/mol. The number of hydrogen-bond donors (Lipinski definition) is 0. The van der Waals surface area contributed by atoms with Crippen molar-refractivity contribution in [1.29, 1.82) is 5.26 Å². The number of rotatable bonds is 3. The third-order valence-electron chi connectivity index (χ3n) is 3.66. The number of amides is 1. The monoisotopic (exact) mass is 313 g/mol. The van der Waals surface area contributed by atoms with Crippen LogP contribution in [0.25, 0.3) is 11.3 Å². The number of para-hydroxylation sites is 1. The number of nitrogens with zero attached hydrogens (tertiary/aromatic N) is 3. The molecule has 0 saturated carbocycles. The maximum Gasteiger partial charge on any atom is 0.228 e. The minimum Gasteiger partial charge on any atom is -0.281 e. The zero-order valence-electron chi connectivity index (χ0n) is 13.2. The molecule has 0 spiro atoms. The number of carbonyl (C=O) groups excluding carboxylic acids is 1. The van der Waals surface area contributed by atoms with E-state index in [0.717, 1.165) is 16.9 Å². The highest BCUT2D eigenvalue weighted by Crippen LogP contribution is 2.34. The lowest BCUT2D eigenvalue weighted by molar-refractivity contribution is -0.115. The minimum absolute atomic E-state index is 0.108. The zero-order valence-corrected chi connectivity index (χ0v) is 13.2. The van der Waals surface area contributed by atoms with Gasteiger partial charge in [-0.3, -0.25) is 14.7 Å². The number of benzene rings is 2. The lowest BCUT2D eigenvalue weighted by atomic mass is 10.1. The van der Waals surface area contributed by atoms with Crippen LogP contribution in [0.1, 0.15) is 12.5 Å². The van der Waals surface area contributed by atoms with Crippen LogP contribution in [-0.2, 0) is 4.79 Å². The first kappa shape index (κ1) is 15.4. The van der Waals surface area contributed by atoms with E-state index in [-0.39, 0.29) is 5.91 Å². The molecule has 1 heterocycles. The minimum atomic E-state index is -0.108. The van der Waals surface area contributed by atoms with Gasteiger partial charge in [0.2, 0.25) is 5.91 Å². The van der Waals surface area contributed by atoms with Crippen LogP contribution in [0, 0.1) is 11.3 Å². The molecule has 0 unspecified atom stereocenters. The molecular formula is C20H15N3O. The number of anilines is 2. The molecule has 4 nitrogen and oxygen atoms in total. The molecule has 0 aliphatic rings. The van der Waals surface area contributed by atoms with Crippen LogP contribution in [-0.4, -0.2) is 10.9 Å². The van der Waals surface area contributed by atoms with Gasteiger partial charge in [0.05, 0.1) is 23.0 Å². The first-order valence-electron chi connectivity index (χ1n) is 7.52. The third kappa shape index (κ3) is 3.01. The predicted molar refractivity (Wildman–Crippen MR) is 93.7 cm³/mol. The van der Waals surface area contributed by atoms with E-state index in [1.807, 2.05) is 42.5 Å². The number of aromatic nitrogens is 1. The Morgan fingerprint density at radius 1 is 1.00 bits per heavy atom. The van der Waals surface area contributed by atoms with E-state index in [0.29, 0.717) is 11.3 Å². The SMILES string of the molecule is CC(=O)N(c1ccc(C#N)cc1)c1ccccc1-c1ccccn1. The van der Waals surface area contributed by atoms with E-state index in [1.165, 1.54) is 6.92 Å². The summed E-state index contributed by atoms with van der Waals surface area (Å²) in [5.41, 5.74) is 3.70. The molecule has 0 fully saturated rings. The van der Waals surface area contributed by atoms with Crippen LogP contribution >= 0.6 is 0 Å². The van der Waals surface area contributed by atoms with E-state index in [2.05, 4.69) is 11.1 Å². The number of hydrogen-bond acceptors (Lipinski definition) is 3. The molecule has 3 aromatic rings. The number of pyridine rings is 1. The van der Waals surface area contributed by atoms with Gasteiger partial charge in [0, 0.05) is 24.4 Å². The summed E-state index contributed by atoms with van der Waals surface area (Å²) in [6.45, 7) is 1.52. The van der Waals surface area contributed by atoms with E-state index in [9.17, 15) is 4.79 Å². The standard InChI is InChI=1S/C20H15N3O/c1-15(24)23(17-11-9-16(14-21)10-12-17)20-8-3-2-6-18(20)19-7-4-5-13-22-19/h2-13H,1H3. The van der Waals surface area contributed by atoms with Crippen molar-refractivity contribution in [2.45, 2.75) is 6.92 Å². The fraction of sp³-hybridized carbons (Fsp3) is 0.0500. The first-order chi connectivity index (χ1) is 11.7. The zero-order chi connectivity index (χ0) is 16.9. The molecule has 3 rings (SSSR count). The van der Waals surface area contributed by atoms with Crippen molar-refractivity contribution in [2.75, 3.05) is 4.90 Å². The van der Waals surface area contributed by atoms with Crippen molar-refractivity contribution >= 4 is 17.3 Å². The van der Waals surface area contributed by atoms with Gasteiger partial charge in [0.1, 0.15) is 0 Å². The quantitative estimate of drug-likeness (QED) is 0.724. The molecule has 2 aromatic carbocycles. The molecule has 0 aliphatic carbocycles. The molecule has 0 radical (unpaired) electrons. The maximum absolute atomic E-state index is 12.3. The second kappa shape index (κ2) is 6.76. The summed E-state index contributed by atoms with van der Waals surface area (Å²) in [5.74, 6) is -0.108. The van der Waals surface area contributed by atoms with E-state index in [4.69, 9.17) is 5.26 Å². The molecule has 116 valence electrons. The molecule has 0 bridgehead atoms. The van der Waals surface area contributed by atoms with Crippen molar-refractivity contribution in [3.8, 4) is 17.3 Å². The molecule has 24 heavy (non-hydrogen) atoms. The van der Waals surface area contributed by atoms with E-state index >= 15 is 0 Å². The van der Waals surface area contributed by atoms with Crippen LogP contribution in [0.5, 0.6) is 0 Å². The lowest BCUT2D eigenvalue weighted by Gasteiger charge is -2.24. The van der Waals surface area contributed by atoms with Gasteiger partial charge in [0.25, 0.3) is 0 Å². The smallest absolute Gasteiger partial charge is 0.228 e. The van der Waals surface area contributed by atoms with Gasteiger partial charge in [0.15, 0.2) is 0 Å². The second-order valence-corrected chi connectivity index (χ2v) is 5.25. The average molecular weight is 313 g/mol. The number of carbonyl (C=O) groups is 1. The summed E-state index contributed by atoms with van der Waals surface area (Å²) in [4.78, 5) is 18.3. The summed E-state index contributed by atoms with van der Waals surface area (Å²) in [6.07, 6.45) is 1.73. The van der Waals surface area contributed by atoms with Crippen LogP contribution < -0.4 is 4.90 Å². The van der Waals surface area contributed by atoms with Crippen LogP contribution in [0.2, 0.25) is 0 Å². The summed E-state index contributed by atoms with van der Waals surface area (Å²) < 4.78 is 0. The molecule has 0 N–H and O–H groups in total. The van der Waals surface area contributed by atoms with Crippen molar-refractivity contribution in [3.63, 3.8) is 0 Å². The third-order valence-corrected chi connectivity index (χ3v) is 3.66. The Bertz CT molecular complexity index is 896. The normalized spacial score (nSPS) is 10.0. The Morgan fingerprint density at radius 3 is 2.33 bits per heavy atom. The van der Waals surface area contributed by atoms with Crippen LogP contribution in [0.15, 0.2) is 72.9 Å². The Balaban J connectivity index is 2.13. The molecule has 1 aromatic heterocycles. The summed E-state index contributed by atoms with van der Waals surface area (Å²) in [6, 6.07) is 22.4. The Morgan fingerprint density at radius 2 is 1.71 bits per heavy atom. The van der Waals surface area contributed by atoms with Gasteiger partial charge in [-0.15, -0.1) is 0 Å². The maximum atomic E-state index is 12.3. The Labute approximate surface area is 140 Å². The number of nitriles is 1. The highest BCUT2D eigenvalue weighted by atomic mass is 16.2. The highest BCUT2D eigenvalue weighted by molar-refractivity contribution is 6.02. The van der Waals surface area contributed by atoms with Crippen molar-refractivity contribution < 1.29 is 4.79 Å². The van der Waals surface area contributed by atoms with Crippen molar-refractivity contribution in [2.24, 2.45) is 0 Å². The van der Waals surface area contributed by atoms with Gasteiger partial charge in [-0.2, -0.15) is 5.26 Å². The molecule has 0 aliphatic heterocycles. The lowest BCUT2D eigenvalue weighted by Crippen LogP contribution is -2.23. The topological polar surface area (TPSA) is 57.0 Å². The predicted octanol–water partition coefficient (Wildman–Crippen LogP) is 4.30. The van der Waals surface area contributed by atoms with Crippen molar-refractivity contribution in [1.82, 2.24) is 4.98 Å². The van der Waals surface area contributed by atoms with Crippen molar-refractivity contribution in [3.05, 3.63) is 78.5 Å². The van der Waals surface area contributed by atoms with E-state index in [1.54, 1.807) is 35.4 Å². The largest absolute Gasteiger partial charge is 0.281 e. The average Bonchev–Trinajstić information content (AvgIpc) is 2.63. The summed E-state index contributed by atoms with van der Waals surface area (Å²) >= 11 is 0. The van der Waals surface area contributed by atoms with Gasteiger partial charge in [-0.1, -0.05) is 24.3 Å². The van der Waals surface area contributed by atoms with Gasteiger partial charge in [-0.25, -0.2) is 0 Å². The molecule has 0 atom stereocenters. The first-order valence-corrected chi connectivity index (χ1v) is 7.52. The second-order valence-electron chi connectivity index (χ2n) is 5.25. The fourth-order valence-electron chi connectivity index (χ4n) is 2.58. The molecule has 4 heteroatoms. The summed E-state index contributed by atoms with van der Waals surface area (Å²) in [5, 5.41) is 8.95. The Hall–Kier alpha value is -3.45. The van der Waals surface area contributed by atoms with Crippen LogP contribution in [0.4, 0.5) is 11.4 Å². The molecule has 1 amide bonds. The van der Waals surface area contributed by atoms with Gasteiger partial charge in [-0.05, 0) is 42.5 Å². The fourth-order valence-corrected chi connectivity index (χ4v) is 2.58. The summed E-state index contributed by atoms with van der Waals surface area (Å²) in [7, 11) is 0.